The van der Waals surface area contributed by atoms with E-state index in [9.17, 15) is 9.59 Å². The molecule has 4 rings (SSSR count). The number of likely N-dealkylation sites (tertiary alicyclic amines) is 1. The third-order valence-electron chi connectivity index (χ3n) is 4.83. The second-order valence-corrected chi connectivity index (χ2v) is 6.75. The molecule has 28 heavy (non-hydrogen) atoms. The van der Waals surface area contributed by atoms with Crippen molar-refractivity contribution in [3.8, 4) is 5.75 Å². The molecule has 0 bridgehead atoms. The lowest BCUT2D eigenvalue weighted by Gasteiger charge is -2.33. The number of nitrogens with two attached hydrogens (primary N) is 1. The lowest BCUT2D eigenvalue weighted by atomic mass is 10.1. The van der Waals surface area contributed by atoms with Crippen molar-refractivity contribution in [2.45, 2.75) is 18.9 Å². The highest BCUT2D eigenvalue weighted by atomic mass is 16.5. The molecule has 3 aromatic rings. The van der Waals surface area contributed by atoms with Crippen molar-refractivity contribution in [2.75, 3.05) is 13.1 Å². The molecule has 1 saturated heterocycles. The summed E-state index contributed by atoms with van der Waals surface area (Å²) in [6.45, 7) is 1.12. The highest BCUT2D eigenvalue weighted by Crippen LogP contribution is 2.22. The third-order valence-corrected chi connectivity index (χ3v) is 4.83. The molecule has 142 valence electrons. The fourth-order valence-electron chi connectivity index (χ4n) is 3.47. The van der Waals surface area contributed by atoms with Crippen LogP contribution >= 0.6 is 0 Å². The maximum absolute atomic E-state index is 13.1. The molecular formula is C21H20N4O3. The summed E-state index contributed by atoms with van der Waals surface area (Å²) in [5, 5.41) is 1.83. The van der Waals surface area contributed by atoms with Gasteiger partial charge in [0.15, 0.2) is 0 Å². The number of ether oxygens (including phenoxy) is 1. The predicted molar refractivity (Wildman–Crippen MR) is 104 cm³/mol. The number of piperidine rings is 1. The summed E-state index contributed by atoms with van der Waals surface area (Å²) in [6, 6.07) is 12.8. The van der Waals surface area contributed by atoms with Crippen LogP contribution in [0.4, 0.5) is 0 Å². The highest BCUT2D eigenvalue weighted by molar-refractivity contribution is 6.05. The molecule has 0 aliphatic carbocycles. The Morgan fingerprint density at radius 1 is 1.11 bits per heavy atom. The Balaban J connectivity index is 1.51. The maximum atomic E-state index is 13.1. The molecule has 0 radical (unpaired) electrons. The Morgan fingerprint density at radius 2 is 1.93 bits per heavy atom. The quantitative estimate of drug-likeness (QED) is 0.754. The molecule has 1 aliphatic heterocycles. The van der Waals surface area contributed by atoms with Crippen molar-refractivity contribution in [1.82, 2.24) is 14.9 Å². The van der Waals surface area contributed by atoms with Crippen molar-refractivity contribution in [3.63, 3.8) is 0 Å². The summed E-state index contributed by atoms with van der Waals surface area (Å²) >= 11 is 0. The summed E-state index contributed by atoms with van der Waals surface area (Å²) in [7, 11) is 0. The lowest BCUT2D eigenvalue weighted by molar-refractivity contribution is 0.0534. The third kappa shape index (κ3) is 3.64. The van der Waals surface area contributed by atoms with E-state index in [-0.39, 0.29) is 17.7 Å². The van der Waals surface area contributed by atoms with E-state index in [1.54, 1.807) is 17.2 Å². The number of benzene rings is 1. The lowest BCUT2D eigenvalue weighted by Crippen LogP contribution is -2.44. The van der Waals surface area contributed by atoms with Crippen LogP contribution in [0.1, 0.15) is 33.8 Å². The molecule has 2 amide bonds. The number of hydrogen-bond acceptors (Lipinski definition) is 5. The fraction of sp³-hybridized carbons (Fsp3) is 0.238. The minimum Gasteiger partial charge on any atom is -0.488 e. The summed E-state index contributed by atoms with van der Waals surface area (Å²) in [4.78, 5) is 34.4. The summed E-state index contributed by atoms with van der Waals surface area (Å²) in [6.07, 6.45) is 4.63. The minimum atomic E-state index is -0.604. The van der Waals surface area contributed by atoms with E-state index >= 15 is 0 Å². The van der Waals surface area contributed by atoms with E-state index in [0.717, 1.165) is 23.6 Å². The molecule has 1 aromatic carbocycles. The van der Waals surface area contributed by atoms with Gasteiger partial charge in [-0.1, -0.05) is 24.3 Å². The number of fused-ring (bicyclic) bond motifs is 1. The van der Waals surface area contributed by atoms with Crippen molar-refractivity contribution >= 4 is 22.6 Å². The van der Waals surface area contributed by atoms with E-state index in [0.29, 0.717) is 24.5 Å². The topological polar surface area (TPSA) is 98.4 Å². The molecular weight excluding hydrogens is 356 g/mol. The van der Waals surface area contributed by atoms with Gasteiger partial charge in [-0.3, -0.25) is 19.6 Å². The first kappa shape index (κ1) is 17.9. The predicted octanol–water partition coefficient (Wildman–Crippen LogP) is 2.41. The van der Waals surface area contributed by atoms with Gasteiger partial charge in [-0.15, -0.1) is 0 Å². The van der Waals surface area contributed by atoms with Gasteiger partial charge in [0, 0.05) is 30.4 Å². The van der Waals surface area contributed by atoms with Crippen molar-refractivity contribution in [2.24, 2.45) is 5.73 Å². The van der Waals surface area contributed by atoms with Crippen LogP contribution in [0.3, 0.4) is 0 Å². The Kier molecular flexibility index (Phi) is 4.89. The number of primary amides is 1. The van der Waals surface area contributed by atoms with Gasteiger partial charge in [0.25, 0.3) is 11.8 Å². The Morgan fingerprint density at radius 3 is 2.79 bits per heavy atom. The summed E-state index contributed by atoms with van der Waals surface area (Å²) in [5.74, 6) is -0.183. The van der Waals surface area contributed by atoms with Crippen LogP contribution in [-0.2, 0) is 0 Å². The molecule has 1 aliphatic rings. The smallest absolute Gasteiger partial charge is 0.273 e. The van der Waals surface area contributed by atoms with Crippen LogP contribution in [0.15, 0.2) is 54.9 Å². The van der Waals surface area contributed by atoms with Crippen molar-refractivity contribution < 1.29 is 14.3 Å². The van der Waals surface area contributed by atoms with Gasteiger partial charge in [0.1, 0.15) is 23.2 Å². The van der Waals surface area contributed by atoms with E-state index < -0.39 is 5.91 Å². The Hall–Kier alpha value is -3.48. The second-order valence-electron chi connectivity index (χ2n) is 6.75. The van der Waals surface area contributed by atoms with E-state index in [1.165, 1.54) is 12.3 Å². The first-order valence-electron chi connectivity index (χ1n) is 9.17. The van der Waals surface area contributed by atoms with Gasteiger partial charge in [0.2, 0.25) is 0 Å². The van der Waals surface area contributed by atoms with Gasteiger partial charge >= 0.3 is 0 Å². The maximum Gasteiger partial charge on any atom is 0.273 e. The molecule has 1 atom stereocenters. The number of carbonyl (C=O) groups excluding carboxylic acids is 2. The number of pyridine rings is 2. The largest absolute Gasteiger partial charge is 0.488 e. The number of hydrogen-bond donors (Lipinski definition) is 1. The second kappa shape index (κ2) is 7.64. The fourth-order valence-corrected chi connectivity index (χ4v) is 3.47. The van der Waals surface area contributed by atoms with Crippen molar-refractivity contribution in [1.29, 1.82) is 0 Å². The molecule has 0 saturated carbocycles. The minimum absolute atomic E-state index is 0.0994. The van der Waals surface area contributed by atoms with E-state index in [1.807, 2.05) is 30.3 Å². The van der Waals surface area contributed by atoms with Crippen LogP contribution in [0.5, 0.6) is 5.75 Å². The standard InChI is InChI=1S/C21H20N4O3/c22-20(26)18-12-15(8-10-23-18)28-16-5-3-11-25(13-16)21(27)19-17-6-2-1-4-14(17)7-9-24-19/h1-2,4,6-10,12,16H,3,5,11,13H2,(H2,22,26). The molecule has 2 aromatic heterocycles. The molecule has 7 heteroatoms. The molecule has 7 nitrogen and oxygen atoms in total. The number of carbonyl (C=O) groups is 2. The Labute approximate surface area is 162 Å². The highest BCUT2D eigenvalue weighted by Gasteiger charge is 2.27. The van der Waals surface area contributed by atoms with Gasteiger partial charge in [-0.2, -0.15) is 0 Å². The number of nitrogens with zero attached hydrogens (tertiary/aromatic N) is 3. The van der Waals surface area contributed by atoms with Gasteiger partial charge < -0.3 is 15.4 Å². The van der Waals surface area contributed by atoms with Gasteiger partial charge in [-0.05, 0) is 30.4 Å². The molecule has 0 spiro atoms. The van der Waals surface area contributed by atoms with Crippen LogP contribution in [-0.4, -0.2) is 45.9 Å². The summed E-state index contributed by atoms with van der Waals surface area (Å²) < 4.78 is 5.99. The van der Waals surface area contributed by atoms with Crippen LogP contribution < -0.4 is 10.5 Å². The molecule has 1 fully saturated rings. The van der Waals surface area contributed by atoms with Gasteiger partial charge in [0.05, 0.1) is 6.54 Å². The zero-order chi connectivity index (χ0) is 19.5. The number of aromatic nitrogens is 2. The molecule has 1 unspecified atom stereocenters. The SMILES string of the molecule is NC(=O)c1cc(OC2CCCN(C(=O)c3nccc4ccccc34)C2)ccn1. The monoisotopic (exact) mass is 376 g/mol. The summed E-state index contributed by atoms with van der Waals surface area (Å²) in [5.41, 5.74) is 5.88. The van der Waals surface area contributed by atoms with E-state index in [4.69, 9.17) is 10.5 Å². The number of amides is 2. The zero-order valence-corrected chi connectivity index (χ0v) is 15.2. The average molecular weight is 376 g/mol. The molecule has 3 heterocycles. The van der Waals surface area contributed by atoms with Crippen LogP contribution in [0.2, 0.25) is 0 Å². The van der Waals surface area contributed by atoms with Crippen LogP contribution in [0, 0.1) is 0 Å². The molecule has 2 N–H and O–H groups in total. The normalized spacial score (nSPS) is 16.7. The number of rotatable bonds is 4. The Bertz CT molecular complexity index is 1030. The van der Waals surface area contributed by atoms with Crippen molar-refractivity contribution in [3.05, 3.63) is 66.2 Å². The zero-order valence-electron chi connectivity index (χ0n) is 15.2. The first-order valence-corrected chi connectivity index (χ1v) is 9.17. The van der Waals surface area contributed by atoms with E-state index in [2.05, 4.69) is 9.97 Å². The van der Waals surface area contributed by atoms with Gasteiger partial charge in [-0.25, -0.2) is 0 Å². The average Bonchev–Trinajstić information content (AvgIpc) is 2.73. The first-order chi connectivity index (χ1) is 13.6. The van der Waals surface area contributed by atoms with Crippen LogP contribution in [0.25, 0.3) is 10.8 Å².